The summed E-state index contributed by atoms with van der Waals surface area (Å²) in [5.41, 5.74) is 2.56. The number of hydrogen-bond acceptors (Lipinski definition) is 8. The molecule has 56 heavy (non-hydrogen) atoms. The van der Waals surface area contributed by atoms with Gasteiger partial charge in [-0.05, 0) is 55.0 Å². The first kappa shape index (κ1) is 43.8. The summed E-state index contributed by atoms with van der Waals surface area (Å²) in [4.78, 5) is 56.7. The van der Waals surface area contributed by atoms with Crippen LogP contribution < -0.4 is 10.1 Å². The van der Waals surface area contributed by atoms with Crippen LogP contribution in [0.3, 0.4) is 0 Å². The summed E-state index contributed by atoms with van der Waals surface area (Å²) < 4.78 is 85.6. The third-order valence-electron chi connectivity index (χ3n) is 10.7. The Morgan fingerprint density at radius 2 is 1.32 bits per heavy atom. The minimum Gasteiger partial charge on any atom is -0.448 e. The Balaban J connectivity index is 1.47. The van der Waals surface area contributed by atoms with E-state index in [2.05, 4.69) is 10.1 Å². The summed E-state index contributed by atoms with van der Waals surface area (Å²) in [5, 5.41) is 2.42. The fourth-order valence-electron chi connectivity index (χ4n) is 7.16. The third-order valence-corrected chi connectivity index (χ3v) is 10.7. The van der Waals surface area contributed by atoms with E-state index >= 15 is 0 Å². The molecule has 0 saturated heterocycles. The number of amides is 3. The van der Waals surface area contributed by atoms with E-state index in [1.807, 2.05) is 55.5 Å². The number of nitrogens with one attached hydrogen (secondary N) is 1. The number of methoxy groups -OCH3 is 1. The molecule has 1 aliphatic carbocycles. The van der Waals surface area contributed by atoms with Crippen molar-refractivity contribution in [3.05, 3.63) is 88.7 Å². The molecular weight excluding hydrogens is 741 g/mol. The molecule has 0 aliphatic heterocycles. The van der Waals surface area contributed by atoms with Gasteiger partial charge < -0.3 is 14.2 Å². The average Bonchev–Trinajstić information content (AvgIpc) is 3.49. The lowest BCUT2D eigenvalue weighted by atomic mass is 9.88. The van der Waals surface area contributed by atoms with E-state index in [4.69, 9.17) is 9.47 Å². The number of nitrogens with zero attached hydrogens (tertiary/aromatic N) is 2. The molecule has 3 aromatic rings. The molecule has 4 rings (SSSR count). The van der Waals surface area contributed by atoms with E-state index in [-0.39, 0.29) is 18.4 Å². The predicted molar refractivity (Wildman–Crippen MR) is 197 cm³/mol. The van der Waals surface area contributed by atoms with Gasteiger partial charge in [-0.1, -0.05) is 82.6 Å². The number of benzene rings is 3. The largest absolute Gasteiger partial charge is 0.448 e. The Hall–Kier alpha value is -4.89. The Bertz CT molecular complexity index is 1880. The van der Waals surface area contributed by atoms with Gasteiger partial charge in [0.05, 0.1) is 18.6 Å². The molecule has 0 aromatic heterocycles. The third kappa shape index (κ3) is 8.73. The number of imide groups is 1. The topological polar surface area (TPSA) is 114 Å². The van der Waals surface area contributed by atoms with Crippen LogP contribution in [-0.2, 0) is 23.9 Å². The molecule has 0 fully saturated rings. The van der Waals surface area contributed by atoms with Crippen molar-refractivity contribution in [1.29, 1.82) is 0 Å². The highest BCUT2D eigenvalue weighted by Crippen LogP contribution is 2.44. The van der Waals surface area contributed by atoms with Crippen molar-refractivity contribution in [2.75, 3.05) is 27.8 Å². The lowest BCUT2D eigenvalue weighted by Gasteiger charge is -2.42. The highest BCUT2D eigenvalue weighted by atomic mass is 19.2. The smallest absolute Gasteiger partial charge is 0.410 e. The number of likely N-dealkylation sites (N-methyl/N-ethyl adjacent to an activating group) is 2. The van der Waals surface area contributed by atoms with Crippen molar-refractivity contribution in [1.82, 2.24) is 15.1 Å². The molecule has 0 unspecified atom stereocenters. The summed E-state index contributed by atoms with van der Waals surface area (Å²) in [6.07, 6.45) is -2.12. The van der Waals surface area contributed by atoms with Crippen molar-refractivity contribution in [3.63, 3.8) is 0 Å². The van der Waals surface area contributed by atoms with Crippen LogP contribution in [0.5, 0.6) is 5.75 Å². The van der Waals surface area contributed by atoms with Crippen LogP contribution in [0.2, 0.25) is 0 Å². The first-order chi connectivity index (χ1) is 26.3. The van der Waals surface area contributed by atoms with Crippen LogP contribution in [0, 0.1) is 40.9 Å². The Labute approximate surface area is 323 Å². The standard InChI is InChI=1S/C41H48F5N3O7/c1-10-22(4)36(28(54-9)19-29(50)56-37-33(45)31(43)30(42)32(44)34(37)46)48(7)35(21(2)3)38(51)47-39(52)41(5,6)49(8)40(53)55-20-27-25-17-13-11-15-23(25)24-16-12-14-18-26(24)27/h11-18,21-22,27-28,35-36H,10,19-20H2,1-9H3,(H,47,51,52)/t22-,28+,35-,36-/m0/s1. The van der Waals surface area contributed by atoms with Gasteiger partial charge >= 0.3 is 12.1 Å². The fraction of sp³-hybridized carbons (Fsp3) is 0.463. The van der Waals surface area contributed by atoms with Crippen LogP contribution in [0.4, 0.5) is 26.7 Å². The molecule has 15 heteroatoms. The first-order valence-corrected chi connectivity index (χ1v) is 18.2. The number of esters is 1. The molecule has 10 nitrogen and oxygen atoms in total. The van der Waals surface area contributed by atoms with E-state index < -0.39 is 94.8 Å². The molecule has 0 bridgehead atoms. The SMILES string of the molecule is CC[C@H](C)[C@@H]([C@@H](CC(=O)Oc1c(F)c(F)c(F)c(F)c1F)OC)N(C)[C@H](C(=O)NC(=O)C(C)(C)N(C)C(=O)OCC1c2ccccc2-c2ccccc21)C(C)C. The lowest BCUT2D eigenvalue weighted by molar-refractivity contribution is -0.142. The summed E-state index contributed by atoms with van der Waals surface area (Å²) in [6.45, 7) is 10.0. The van der Waals surface area contributed by atoms with Crippen LogP contribution in [-0.4, -0.2) is 85.2 Å². The fourth-order valence-corrected chi connectivity index (χ4v) is 7.16. The predicted octanol–water partition coefficient (Wildman–Crippen LogP) is 7.37. The number of halogens is 5. The van der Waals surface area contributed by atoms with Gasteiger partial charge in [0.25, 0.3) is 5.91 Å². The molecule has 1 N–H and O–H groups in total. The second-order valence-corrected chi connectivity index (χ2v) is 14.8. The number of carbonyl (C=O) groups excluding carboxylic acids is 4. The van der Waals surface area contributed by atoms with Gasteiger partial charge in [-0.25, -0.2) is 18.0 Å². The zero-order chi connectivity index (χ0) is 41.8. The second-order valence-electron chi connectivity index (χ2n) is 14.8. The normalized spacial score (nSPS) is 14.8. The van der Waals surface area contributed by atoms with E-state index in [1.165, 1.54) is 28.0 Å². The second kappa shape index (κ2) is 17.9. The molecule has 0 radical (unpaired) electrons. The van der Waals surface area contributed by atoms with Crippen molar-refractivity contribution in [2.24, 2.45) is 11.8 Å². The van der Waals surface area contributed by atoms with Gasteiger partial charge in [0.2, 0.25) is 40.7 Å². The van der Waals surface area contributed by atoms with E-state index in [1.54, 1.807) is 32.7 Å². The zero-order valence-corrected chi connectivity index (χ0v) is 32.8. The van der Waals surface area contributed by atoms with Crippen LogP contribution in [0.15, 0.2) is 48.5 Å². The Kier molecular flexibility index (Phi) is 14.0. The summed E-state index contributed by atoms with van der Waals surface area (Å²) >= 11 is 0. The van der Waals surface area contributed by atoms with E-state index in [9.17, 15) is 41.1 Å². The minimum absolute atomic E-state index is 0.0147. The average molecular weight is 790 g/mol. The van der Waals surface area contributed by atoms with E-state index in [0.29, 0.717) is 6.42 Å². The van der Waals surface area contributed by atoms with Crippen LogP contribution in [0.1, 0.15) is 71.4 Å². The minimum atomic E-state index is -2.41. The maximum atomic E-state index is 14.3. The Morgan fingerprint density at radius 3 is 1.80 bits per heavy atom. The van der Waals surface area contributed by atoms with Crippen LogP contribution >= 0.6 is 0 Å². The highest BCUT2D eigenvalue weighted by Gasteiger charge is 2.43. The van der Waals surface area contributed by atoms with Crippen LogP contribution in [0.25, 0.3) is 11.1 Å². The molecule has 0 heterocycles. The molecule has 4 atom stereocenters. The quantitative estimate of drug-likeness (QED) is 0.0559. The van der Waals surface area contributed by atoms with Gasteiger partial charge in [0.15, 0.2) is 0 Å². The summed E-state index contributed by atoms with van der Waals surface area (Å²) in [6, 6.07) is 13.9. The molecule has 0 saturated carbocycles. The lowest BCUT2D eigenvalue weighted by Crippen LogP contribution is -2.62. The van der Waals surface area contributed by atoms with Crippen molar-refractivity contribution >= 4 is 23.9 Å². The number of carbonyl (C=O) groups is 4. The highest BCUT2D eigenvalue weighted by molar-refractivity contribution is 6.02. The molecular formula is C41H48F5N3O7. The maximum absolute atomic E-state index is 14.3. The van der Waals surface area contributed by atoms with Gasteiger partial charge in [-0.15, -0.1) is 0 Å². The molecule has 3 amide bonds. The van der Waals surface area contributed by atoms with Gasteiger partial charge in [0, 0.05) is 26.1 Å². The number of ether oxygens (including phenoxy) is 3. The number of rotatable bonds is 15. The van der Waals surface area contributed by atoms with Gasteiger partial charge in [0.1, 0.15) is 12.1 Å². The zero-order valence-electron chi connectivity index (χ0n) is 32.8. The summed E-state index contributed by atoms with van der Waals surface area (Å²) in [5.74, 6) is -17.2. The number of fused-ring (bicyclic) bond motifs is 3. The van der Waals surface area contributed by atoms with E-state index in [0.717, 1.165) is 27.2 Å². The summed E-state index contributed by atoms with van der Waals surface area (Å²) in [7, 11) is 4.21. The van der Waals surface area contributed by atoms with Crippen molar-refractivity contribution in [3.8, 4) is 16.9 Å². The Morgan fingerprint density at radius 1 is 0.821 bits per heavy atom. The molecule has 1 aliphatic rings. The van der Waals surface area contributed by atoms with Gasteiger partial charge in [-0.2, -0.15) is 8.78 Å². The maximum Gasteiger partial charge on any atom is 0.410 e. The monoisotopic (exact) mass is 789 g/mol. The molecule has 304 valence electrons. The van der Waals surface area contributed by atoms with Gasteiger partial charge in [-0.3, -0.25) is 29.5 Å². The molecule has 3 aromatic carbocycles. The molecule has 0 spiro atoms. The first-order valence-electron chi connectivity index (χ1n) is 18.2. The van der Waals surface area contributed by atoms with Crippen molar-refractivity contribution in [2.45, 2.75) is 84.0 Å². The van der Waals surface area contributed by atoms with Crippen molar-refractivity contribution < 1.29 is 55.3 Å². The number of hydrogen-bond donors (Lipinski definition) is 1.